The molecule has 1 aromatic heterocycles. The summed E-state index contributed by atoms with van der Waals surface area (Å²) in [6, 6.07) is 12.0. The molecule has 0 aliphatic carbocycles. The molecule has 0 aliphatic rings. The van der Waals surface area contributed by atoms with Crippen molar-refractivity contribution in [2.45, 2.75) is 0 Å². The van der Waals surface area contributed by atoms with Gasteiger partial charge in [0.25, 0.3) is 5.56 Å². The van der Waals surface area contributed by atoms with Gasteiger partial charge in [-0.15, -0.1) is 0 Å². The predicted octanol–water partition coefficient (Wildman–Crippen LogP) is 2.39. The Morgan fingerprint density at radius 3 is 2.45 bits per heavy atom. The average molecular weight is 472 g/mol. The van der Waals surface area contributed by atoms with E-state index in [0.29, 0.717) is 17.1 Å². The number of aromatic nitrogens is 2. The molecule has 2 N–H and O–H groups in total. The summed E-state index contributed by atoms with van der Waals surface area (Å²) in [5.74, 6) is -1.19. The van der Waals surface area contributed by atoms with Gasteiger partial charge in [0, 0.05) is 14.1 Å². The second-order valence-electron chi connectivity index (χ2n) is 6.83. The smallest absolute Gasteiger partial charge is 0.333 e. The van der Waals surface area contributed by atoms with Crippen LogP contribution in [-0.4, -0.2) is 38.1 Å². The van der Waals surface area contributed by atoms with Crippen LogP contribution < -0.4 is 21.3 Å². The molecule has 9 nitrogen and oxygen atoms in total. The quantitative estimate of drug-likeness (QED) is 0.421. The SMILES string of the molecule is COc1ccccc1NC(=O)CSC(=Nc1ccc(F)cc1)c1c(O)n(C)c(=O)n(C)c1=O. The van der Waals surface area contributed by atoms with Crippen molar-refractivity contribution in [3.8, 4) is 11.6 Å². The Labute approximate surface area is 192 Å². The third kappa shape index (κ3) is 5.32. The molecule has 2 aromatic carbocycles. The molecule has 0 atom stereocenters. The van der Waals surface area contributed by atoms with Crippen molar-refractivity contribution in [3.63, 3.8) is 0 Å². The second-order valence-corrected chi connectivity index (χ2v) is 7.80. The highest BCUT2D eigenvalue weighted by atomic mass is 32.2. The van der Waals surface area contributed by atoms with Gasteiger partial charge in [-0.2, -0.15) is 0 Å². The Bertz CT molecular complexity index is 1330. The summed E-state index contributed by atoms with van der Waals surface area (Å²) in [5.41, 5.74) is -1.00. The summed E-state index contributed by atoms with van der Waals surface area (Å²) in [6.07, 6.45) is 0. The number of methoxy groups -OCH3 is 1. The van der Waals surface area contributed by atoms with Crippen molar-refractivity contribution in [2.75, 3.05) is 18.2 Å². The minimum atomic E-state index is -0.783. The zero-order chi connectivity index (χ0) is 24.1. The van der Waals surface area contributed by atoms with E-state index in [9.17, 15) is 23.9 Å². The molecule has 0 fully saturated rings. The lowest BCUT2D eigenvalue weighted by molar-refractivity contribution is -0.113. The van der Waals surface area contributed by atoms with Crippen LogP contribution in [0.2, 0.25) is 0 Å². The Balaban J connectivity index is 1.98. The molecular weight excluding hydrogens is 451 g/mol. The maximum Gasteiger partial charge on any atom is 0.333 e. The number of hydrogen-bond donors (Lipinski definition) is 2. The van der Waals surface area contributed by atoms with Gasteiger partial charge in [0.15, 0.2) is 0 Å². The number of benzene rings is 2. The van der Waals surface area contributed by atoms with Gasteiger partial charge < -0.3 is 15.2 Å². The summed E-state index contributed by atoms with van der Waals surface area (Å²) in [5, 5.41) is 13.2. The van der Waals surface area contributed by atoms with Gasteiger partial charge in [-0.05, 0) is 36.4 Å². The zero-order valence-corrected chi connectivity index (χ0v) is 18.9. The number of aliphatic imine (C=N–C) groups is 1. The van der Waals surface area contributed by atoms with Crippen molar-refractivity contribution in [1.29, 1.82) is 0 Å². The summed E-state index contributed by atoms with van der Waals surface area (Å²) in [6.45, 7) is 0. The van der Waals surface area contributed by atoms with E-state index in [-0.39, 0.29) is 16.4 Å². The molecule has 1 heterocycles. The number of hydrogen-bond acceptors (Lipinski definition) is 7. The predicted molar refractivity (Wildman–Crippen MR) is 125 cm³/mol. The Morgan fingerprint density at radius 1 is 1.12 bits per heavy atom. The highest BCUT2D eigenvalue weighted by molar-refractivity contribution is 8.15. The van der Waals surface area contributed by atoms with Crippen molar-refractivity contribution in [2.24, 2.45) is 19.1 Å². The fourth-order valence-electron chi connectivity index (χ4n) is 2.88. The highest BCUT2D eigenvalue weighted by Crippen LogP contribution is 2.25. The van der Waals surface area contributed by atoms with E-state index in [2.05, 4.69) is 10.3 Å². The van der Waals surface area contributed by atoms with E-state index in [1.807, 2.05) is 0 Å². The topological polar surface area (TPSA) is 115 Å². The van der Waals surface area contributed by atoms with E-state index < -0.39 is 28.9 Å². The lowest BCUT2D eigenvalue weighted by Crippen LogP contribution is -2.39. The van der Waals surface area contributed by atoms with Crippen LogP contribution in [0.4, 0.5) is 15.8 Å². The standard InChI is InChI=1S/C22H21FN4O5S/c1-26-20(29)18(21(30)27(2)22(26)31)19(24-14-10-8-13(23)9-11-14)33-12-17(28)25-15-6-4-5-7-16(15)32-3/h4-11,29H,12H2,1-3H3,(H,25,28). The molecule has 0 radical (unpaired) electrons. The van der Waals surface area contributed by atoms with Crippen LogP contribution in [0.25, 0.3) is 0 Å². The molecule has 0 aliphatic heterocycles. The monoisotopic (exact) mass is 472 g/mol. The van der Waals surface area contributed by atoms with Gasteiger partial charge in [0.1, 0.15) is 22.2 Å². The molecule has 0 saturated carbocycles. The fraction of sp³-hybridized carbons (Fsp3) is 0.182. The van der Waals surface area contributed by atoms with E-state index in [1.54, 1.807) is 24.3 Å². The Kier molecular flexibility index (Phi) is 7.34. The summed E-state index contributed by atoms with van der Waals surface area (Å²) in [4.78, 5) is 41.8. The number of thioether (sulfide) groups is 1. The number of anilines is 1. The normalized spacial score (nSPS) is 11.3. The molecule has 0 saturated heterocycles. The maximum absolute atomic E-state index is 13.3. The van der Waals surface area contributed by atoms with Crippen LogP contribution in [0.1, 0.15) is 5.56 Å². The zero-order valence-electron chi connectivity index (χ0n) is 18.0. The van der Waals surface area contributed by atoms with Gasteiger partial charge >= 0.3 is 5.69 Å². The molecule has 3 rings (SSSR count). The molecular formula is C22H21FN4O5S. The lowest BCUT2D eigenvalue weighted by Gasteiger charge is -2.13. The number of aromatic hydroxyl groups is 1. The number of nitrogens with zero attached hydrogens (tertiary/aromatic N) is 3. The number of halogens is 1. The molecule has 0 spiro atoms. The third-order valence-electron chi connectivity index (χ3n) is 4.63. The molecule has 172 valence electrons. The lowest BCUT2D eigenvalue weighted by atomic mass is 10.3. The number of para-hydroxylation sites is 2. The van der Waals surface area contributed by atoms with Gasteiger partial charge in [-0.3, -0.25) is 18.7 Å². The summed E-state index contributed by atoms with van der Waals surface area (Å²) < 4.78 is 20.2. The van der Waals surface area contributed by atoms with Gasteiger partial charge in [-0.1, -0.05) is 23.9 Å². The second kappa shape index (κ2) is 10.2. The first kappa shape index (κ1) is 23.8. The van der Waals surface area contributed by atoms with Crippen molar-refractivity contribution in [3.05, 3.63) is 80.7 Å². The number of ether oxygens (including phenoxy) is 1. The number of amides is 1. The Hall–Kier alpha value is -3.86. The van der Waals surface area contributed by atoms with E-state index in [4.69, 9.17) is 4.74 Å². The first-order valence-electron chi connectivity index (χ1n) is 9.62. The Morgan fingerprint density at radius 2 is 1.79 bits per heavy atom. The van der Waals surface area contributed by atoms with Crippen molar-refractivity contribution < 1.29 is 19.0 Å². The molecule has 0 unspecified atom stereocenters. The van der Waals surface area contributed by atoms with Gasteiger partial charge in [-0.25, -0.2) is 14.2 Å². The van der Waals surface area contributed by atoms with Crippen LogP contribution in [0.3, 0.4) is 0 Å². The van der Waals surface area contributed by atoms with Gasteiger partial charge in [0.2, 0.25) is 11.8 Å². The average Bonchev–Trinajstić information content (AvgIpc) is 2.81. The first-order chi connectivity index (χ1) is 15.7. The number of nitrogens with one attached hydrogen (secondary N) is 1. The molecule has 0 bridgehead atoms. The summed E-state index contributed by atoms with van der Waals surface area (Å²) in [7, 11) is 4.04. The molecule has 3 aromatic rings. The first-order valence-corrected chi connectivity index (χ1v) is 10.6. The maximum atomic E-state index is 13.3. The van der Waals surface area contributed by atoms with Crippen LogP contribution in [0.15, 0.2) is 63.1 Å². The van der Waals surface area contributed by atoms with Crippen molar-refractivity contribution in [1.82, 2.24) is 9.13 Å². The van der Waals surface area contributed by atoms with Crippen LogP contribution in [-0.2, 0) is 18.9 Å². The van der Waals surface area contributed by atoms with Crippen LogP contribution >= 0.6 is 11.8 Å². The number of carbonyl (C=O) groups is 1. The van der Waals surface area contributed by atoms with E-state index >= 15 is 0 Å². The third-order valence-corrected chi connectivity index (χ3v) is 5.60. The summed E-state index contributed by atoms with van der Waals surface area (Å²) >= 11 is 0.881. The minimum absolute atomic E-state index is 0.00881. The van der Waals surface area contributed by atoms with Crippen LogP contribution in [0, 0.1) is 5.82 Å². The molecule has 33 heavy (non-hydrogen) atoms. The minimum Gasteiger partial charge on any atom is -0.495 e. The van der Waals surface area contributed by atoms with E-state index in [0.717, 1.165) is 20.9 Å². The largest absolute Gasteiger partial charge is 0.495 e. The highest BCUT2D eigenvalue weighted by Gasteiger charge is 2.22. The van der Waals surface area contributed by atoms with E-state index in [1.165, 1.54) is 45.5 Å². The van der Waals surface area contributed by atoms with Crippen molar-refractivity contribution >= 4 is 34.1 Å². The van der Waals surface area contributed by atoms with Crippen LogP contribution in [0.5, 0.6) is 11.6 Å². The fourth-order valence-corrected chi connectivity index (χ4v) is 3.71. The van der Waals surface area contributed by atoms with Gasteiger partial charge in [0.05, 0.1) is 24.2 Å². The molecule has 11 heteroatoms. The number of rotatable bonds is 6. The number of carbonyl (C=O) groups excluding carboxylic acids is 1. The molecule has 1 amide bonds.